The summed E-state index contributed by atoms with van der Waals surface area (Å²) in [6.45, 7) is 7.36. The molecule has 1 unspecified atom stereocenters. The largest absolute Gasteiger partial charge is 0.394 e. The normalized spacial score (nSPS) is 14.4. The number of rotatable bonds is 10. The van der Waals surface area contributed by atoms with Gasteiger partial charge in [-0.1, -0.05) is 25.1 Å². The molecule has 116 valence electrons. The third kappa shape index (κ3) is 5.42. The van der Waals surface area contributed by atoms with Crippen molar-refractivity contribution in [1.82, 2.24) is 20.1 Å². The third-order valence-electron chi connectivity index (χ3n) is 3.56. The molecule has 0 aliphatic rings. The first kappa shape index (κ1) is 17.5. The predicted molar refractivity (Wildman–Crippen MR) is 84.1 cm³/mol. The molecule has 0 aromatic carbocycles. The number of aliphatic hydroxyl groups excluding tert-OH is 1. The summed E-state index contributed by atoms with van der Waals surface area (Å²) >= 11 is 1.75. The molecule has 0 saturated carbocycles. The Hall–Kier alpha value is -0.590. The molecule has 20 heavy (non-hydrogen) atoms. The Balaban J connectivity index is 2.22. The van der Waals surface area contributed by atoms with E-state index < -0.39 is 0 Å². The fraction of sp³-hybridized carbons (Fsp3) is 0.857. The molecule has 5 nitrogen and oxygen atoms in total. The Labute approximate surface area is 126 Å². The first-order valence-corrected chi connectivity index (χ1v) is 8.35. The van der Waals surface area contributed by atoms with Crippen molar-refractivity contribution in [3.63, 3.8) is 0 Å². The lowest BCUT2D eigenvalue weighted by Gasteiger charge is -2.28. The van der Waals surface area contributed by atoms with Crippen LogP contribution in [0.15, 0.2) is 5.16 Å². The van der Waals surface area contributed by atoms with Crippen LogP contribution in [0.3, 0.4) is 0 Å². The van der Waals surface area contributed by atoms with Gasteiger partial charge < -0.3 is 15.0 Å². The molecule has 0 amide bonds. The molecule has 1 rings (SSSR count). The molecule has 2 N–H and O–H groups in total. The van der Waals surface area contributed by atoms with Crippen molar-refractivity contribution >= 4 is 11.8 Å². The van der Waals surface area contributed by atoms with Crippen LogP contribution >= 0.6 is 11.8 Å². The van der Waals surface area contributed by atoms with Crippen LogP contribution in [-0.4, -0.2) is 44.3 Å². The van der Waals surface area contributed by atoms with E-state index in [1.807, 2.05) is 18.5 Å². The lowest BCUT2D eigenvalue weighted by Crippen LogP contribution is -2.46. The highest BCUT2D eigenvalue weighted by Crippen LogP contribution is 2.19. The second kappa shape index (κ2) is 8.64. The molecule has 1 heterocycles. The van der Waals surface area contributed by atoms with Gasteiger partial charge in [-0.3, -0.25) is 0 Å². The average Bonchev–Trinajstić information content (AvgIpc) is 2.76. The van der Waals surface area contributed by atoms with Crippen molar-refractivity contribution in [2.24, 2.45) is 7.05 Å². The van der Waals surface area contributed by atoms with Gasteiger partial charge in [0.15, 0.2) is 5.16 Å². The number of hydrogen-bond donors (Lipinski definition) is 2. The van der Waals surface area contributed by atoms with E-state index in [9.17, 15) is 5.11 Å². The van der Waals surface area contributed by atoms with Gasteiger partial charge in [-0.25, -0.2) is 0 Å². The maximum Gasteiger partial charge on any atom is 0.190 e. The van der Waals surface area contributed by atoms with Gasteiger partial charge in [-0.2, -0.15) is 0 Å². The second-order valence-corrected chi connectivity index (χ2v) is 6.60. The van der Waals surface area contributed by atoms with E-state index >= 15 is 0 Å². The molecule has 1 aromatic heterocycles. The molecule has 0 aliphatic heterocycles. The van der Waals surface area contributed by atoms with E-state index in [-0.39, 0.29) is 12.1 Å². The summed E-state index contributed by atoms with van der Waals surface area (Å²) in [5.41, 5.74) is -0.137. The zero-order valence-corrected chi connectivity index (χ0v) is 14.0. The van der Waals surface area contributed by atoms with Crippen LogP contribution in [0.2, 0.25) is 0 Å². The predicted octanol–water partition coefficient (Wildman–Crippen LogP) is 2.14. The van der Waals surface area contributed by atoms with Crippen LogP contribution < -0.4 is 5.32 Å². The lowest BCUT2D eigenvalue weighted by atomic mass is 9.96. The summed E-state index contributed by atoms with van der Waals surface area (Å²) in [5.74, 6) is 1.99. The number of aliphatic hydroxyl groups is 1. The summed E-state index contributed by atoms with van der Waals surface area (Å²) in [7, 11) is 2.00. The second-order valence-electron chi connectivity index (χ2n) is 5.54. The van der Waals surface area contributed by atoms with Crippen LogP contribution in [0.5, 0.6) is 0 Å². The molecule has 0 saturated heterocycles. The van der Waals surface area contributed by atoms with E-state index in [4.69, 9.17) is 0 Å². The van der Waals surface area contributed by atoms with E-state index in [1.165, 1.54) is 0 Å². The monoisotopic (exact) mass is 300 g/mol. The molecular weight excluding hydrogens is 272 g/mol. The third-order valence-corrected chi connectivity index (χ3v) is 4.66. The highest BCUT2D eigenvalue weighted by molar-refractivity contribution is 7.99. The van der Waals surface area contributed by atoms with E-state index in [0.717, 1.165) is 49.0 Å². The van der Waals surface area contributed by atoms with Crippen molar-refractivity contribution in [1.29, 1.82) is 0 Å². The van der Waals surface area contributed by atoms with Gasteiger partial charge >= 0.3 is 0 Å². The Morgan fingerprint density at radius 2 is 2.10 bits per heavy atom. The van der Waals surface area contributed by atoms with Gasteiger partial charge in [-0.15, -0.1) is 10.2 Å². The number of unbranched alkanes of at least 4 members (excludes halogenated alkanes) is 1. The molecule has 1 atom stereocenters. The van der Waals surface area contributed by atoms with Gasteiger partial charge in [-0.05, 0) is 39.7 Å². The van der Waals surface area contributed by atoms with Gasteiger partial charge in [0.25, 0.3) is 0 Å². The Kier molecular flexibility index (Phi) is 7.55. The lowest BCUT2D eigenvalue weighted by molar-refractivity contribution is 0.163. The fourth-order valence-corrected chi connectivity index (χ4v) is 2.90. The number of aromatic nitrogens is 3. The van der Waals surface area contributed by atoms with Crippen LogP contribution in [0.4, 0.5) is 0 Å². The van der Waals surface area contributed by atoms with Crippen LogP contribution in [0.25, 0.3) is 0 Å². The minimum atomic E-state index is -0.137. The number of nitrogens with zero attached hydrogens (tertiary/aromatic N) is 3. The first-order chi connectivity index (χ1) is 9.52. The van der Waals surface area contributed by atoms with E-state index in [0.29, 0.717) is 0 Å². The smallest absolute Gasteiger partial charge is 0.190 e. The number of aryl methyl sites for hydroxylation is 1. The SMILES string of the molecule is CCCNC(C)(CO)CCCCSc1nnc(C)n1C. The van der Waals surface area contributed by atoms with E-state index in [2.05, 4.69) is 29.4 Å². The molecule has 1 aromatic rings. The van der Waals surface area contributed by atoms with Crippen LogP contribution in [-0.2, 0) is 7.05 Å². The van der Waals surface area contributed by atoms with Crippen molar-refractivity contribution in [2.75, 3.05) is 18.9 Å². The standard InChI is InChI=1S/C14H28N4OS/c1-5-9-15-14(3,11-19)8-6-7-10-20-13-17-16-12(2)18(13)4/h15,19H,5-11H2,1-4H3. The van der Waals surface area contributed by atoms with Crippen molar-refractivity contribution in [3.05, 3.63) is 5.82 Å². The summed E-state index contributed by atoms with van der Waals surface area (Å²) in [6.07, 6.45) is 4.33. The number of nitrogens with one attached hydrogen (secondary N) is 1. The Morgan fingerprint density at radius 3 is 2.65 bits per heavy atom. The van der Waals surface area contributed by atoms with Crippen molar-refractivity contribution in [3.8, 4) is 0 Å². The quantitative estimate of drug-likeness (QED) is 0.512. The maximum absolute atomic E-state index is 9.50. The molecule has 0 fully saturated rings. The minimum Gasteiger partial charge on any atom is -0.394 e. The fourth-order valence-electron chi connectivity index (χ4n) is 1.94. The molecule has 0 radical (unpaired) electrons. The van der Waals surface area contributed by atoms with Crippen LogP contribution in [0.1, 0.15) is 45.4 Å². The van der Waals surface area contributed by atoms with Crippen molar-refractivity contribution < 1.29 is 5.11 Å². The Bertz CT molecular complexity index is 397. The van der Waals surface area contributed by atoms with Gasteiger partial charge in [0.2, 0.25) is 0 Å². The molecular formula is C14H28N4OS. The van der Waals surface area contributed by atoms with Gasteiger partial charge in [0, 0.05) is 18.3 Å². The zero-order valence-electron chi connectivity index (χ0n) is 13.1. The topological polar surface area (TPSA) is 63.0 Å². The van der Waals surface area contributed by atoms with E-state index in [1.54, 1.807) is 11.8 Å². The summed E-state index contributed by atoms with van der Waals surface area (Å²) < 4.78 is 2.02. The number of thioether (sulfide) groups is 1. The summed E-state index contributed by atoms with van der Waals surface area (Å²) in [6, 6.07) is 0. The number of hydrogen-bond acceptors (Lipinski definition) is 5. The molecule has 0 bridgehead atoms. The highest BCUT2D eigenvalue weighted by atomic mass is 32.2. The van der Waals surface area contributed by atoms with Crippen molar-refractivity contribution in [2.45, 2.75) is 57.1 Å². The van der Waals surface area contributed by atoms with Crippen LogP contribution in [0, 0.1) is 6.92 Å². The average molecular weight is 300 g/mol. The summed E-state index contributed by atoms with van der Waals surface area (Å²) in [4.78, 5) is 0. The highest BCUT2D eigenvalue weighted by Gasteiger charge is 2.21. The minimum absolute atomic E-state index is 0.137. The Morgan fingerprint density at radius 1 is 1.35 bits per heavy atom. The van der Waals surface area contributed by atoms with Gasteiger partial charge in [0.05, 0.1) is 6.61 Å². The molecule has 0 aliphatic carbocycles. The zero-order chi connectivity index (χ0) is 15.0. The molecule has 0 spiro atoms. The maximum atomic E-state index is 9.50. The first-order valence-electron chi connectivity index (χ1n) is 7.37. The summed E-state index contributed by atoms with van der Waals surface area (Å²) in [5, 5.41) is 22.1. The van der Waals surface area contributed by atoms with Gasteiger partial charge in [0.1, 0.15) is 5.82 Å². The molecule has 6 heteroatoms.